The smallest absolute Gasteiger partial charge is 0.326 e. The molecule has 0 aliphatic carbocycles. The van der Waals surface area contributed by atoms with Crippen LogP contribution in [0.15, 0.2) is 6.20 Å². The highest BCUT2D eigenvalue weighted by atomic mass is 16.4. The minimum atomic E-state index is -1.01. The second kappa shape index (κ2) is 6.94. The molecule has 6 nitrogen and oxygen atoms in total. The van der Waals surface area contributed by atoms with Gasteiger partial charge in [0, 0.05) is 11.7 Å². The van der Waals surface area contributed by atoms with Gasteiger partial charge in [0.1, 0.15) is 6.04 Å². The first kappa shape index (κ1) is 18.2. The van der Waals surface area contributed by atoms with E-state index >= 15 is 0 Å². The first-order chi connectivity index (χ1) is 10.0. The van der Waals surface area contributed by atoms with E-state index in [9.17, 15) is 14.7 Å². The normalized spacial score (nSPS) is 13.2. The lowest BCUT2D eigenvalue weighted by molar-refractivity contribution is -0.139. The standard InChI is InChI=1S/C16H27N3O3/c1-10(2)19-11(3)12(9-17-19)14(20)18-13(15(21)22)7-8-16(4,5)6/h9-10,13H,7-8H2,1-6H3,(H,18,20)(H,21,22). The molecule has 0 fully saturated rings. The first-order valence-electron chi connectivity index (χ1n) is 7.60. The number of aliphatic carboxylic acids is 1. The van der Waals surface area contributed by atoms with E-state index in [1.54, 1.807) is 4.68 Å². The summed E-state index contributed by atoms with van der Waals surface area (Å²) in [5, 5.41) is 16.1. The number of carbonyl (C=O) groups excluding carboxylic acids is 1. The molecule has 1 atom stereocenters. The van der Waals surface area contributed by atoms with Gasteiger partial charge in [-0.1, -0.05) is 20.8 Å². The van der Waals surface area contributed by atoms with E-state index in [0.29, 0.717) is 18.4 Å². The fraction of sp³-hybridized carbons (Fsp3) is 0.688. The summed E-state index contributed by atoms with van der Waals surface area (Å²) in [6, 6.07) is -0.730. The number of hydrogen-bond acceptors (Lipinski definition) is 3. The van der Waals surface area contributed by atoms with Crippen LogP contribution in [0.5, 0.6) is 0 Å². The van der Waals surface area contributed by atoms with Crippen molar-refractivity contribution < 1.29 is 14.7 Å². The second-order valence-corrected chi connectivity index (χ2v) is 7.15. The van der Waals surface area contributed by atoms with E-state index in [1.807, 2.05) is 41.5 Å². The van der Waals surface area contributed by atoms with Gasteiger partial charge in [0.05, 0.1) is 11.8 Å². The third-order valence-corrected chi connectivity index (χ3v) is 3.56. The molecule has 0 spiro atoms. The van der Waals surface area contributed by atoms with Crippen molar-refractivity contribution in [2.45, 2.75) is 66.5 Å². The Labute approximate surface area is 131 Å². The zero-order valence-electron chi connectivity index (χ0n) is 14.3. The Morgan fingerprint density at radius 3 is 2.36 bits per heavy atom. The number of hydrogen-bond donors (Lipinski definition) is 2. The molecular weight excluding hydrogens is 282 g/mol. The van der Waals surface area contributed by atoms with Crippen LogP contribution in [0.2, 0.25) is 0 Å². The number of nitrogens with zero attached hydrogens (tertiary/aromatic N) is 2. The van der Waals surface area contributed by atoms with Gasteiger partial charge in [-0.05, 0) is 39.0 Å². The largest absolute Gasteiger partial charge is 0.480 e. The summed E-state index contributed by atoms with van der Waals surface area (Å²) < 4.78 is 1.75. The van der Waals surface area contributed by atoms with Crippen LogP contribution in [0.25, 0.3) is 0 Å². The Hall–Kier alpha value is -1.85. The molecule has 124 valence electrons. The highest BCUT2D eigenvalue weighted by Crippen LogP contribution is 2.22. The van der Waals surface area contributed by atoms with Crippen LogP contribution in [0.1, 0.15) is 69.6 Å². The van der Waals surface area contributed by atoms with Crippen LogP contribution in [-0.4, -0.2) is 32.8 Å². The lowest BCUT2D eigenvalue weighted by Gasteiger charge is -2.21. The van der Waals surface area contributed by atoms with Crippen LogP contribution in [0, 0.1) is 12.3 Å². The van der Waals surface area contributed by atoms with E-state index in [1.165, 1.54) is 6.20 Å². The van der Waals surface area contributed by atoms with Gasteiger partial charge >= 0.3 is 5.97 Å². The molecule has 0 saturated carbocycles. The summed E-state index contributed by atoms with van der Waals surface area (Å²) in [5.41, 5.74) is 1.19. The molecule has 0 aliphatic rings. The molecule has 1 aromatic heterocycles. The first-order valence-corrected chi connectivity index (χ1v) is 7.60. The van der Waals surface area contributed by atoms with Crippen molar-refractivity contribution in [2.24, 2.45) is 5.41 Å². The molecule has 1 amide bonds. The molecule has 0 aliphatic heterocycles. The van der Waals surface area contributed by atoms with Crippen molar-refractivity contribution in [1.29, 1.82) is 0 Å². The van der Waals surface area contributed by atoms with Crippen molar-refractivity contribution in [3.63, 3.8) is 0 Å². The Kier molecular flexibility index (Phi) is 5.74. The van der Waals surface area contributed by atoms with E-state index in [4.69, 9.17) is 0 Å². The lowest BCUT2D eigenvalue weighted by Crippen LogP contribution is -2.41. The third kappa shape index (κ3) is 4.86. The molecule has 0 aromatic carbocycles. The average molecular weight is 309 g/mol. The fourth-order valence-corrected chi connectivity index (χ4v) is 2.24. The topological polar surface area (TPSA) is 84.2 Å². The third-order valence-electron chi connectivity index (χ3n) is 3.56. The molecule has 1 heterocycles. The SMILES string of the molecule is Cc1c(C(=O)NC(CCC(C)(C)C)C(=O)O)cnn1C(C)C. The van der Waals surface area contributed by atoms with Crippen LogP contribution in [0.3, 0.4) is 0 Å². The van der Waals surface area contributed by atoms with Gasteiger partial charge in [0.2, 0.25) is 0 Å². The van der Waals surface area contributed by atoms with Crippen LogP contribution in [-0.2, 0) is 4.79 Å². The Morgan fingerprint density at radius 2 is 1.95 bits per heavy atom. The maximum absolute atomic E-state index is 12.3. The molecule has 2 N–H and O–H groups in total. The van der Waals surface area contributed by atoms with Gasteiger partial charge in [0.25, 0.3) is 5.91 Å². The maximum Gasteiger partial charge on any atom is 0.326 e. The summed E-state index contributed by atoms with van der Waals surface area (Å²) >= 11 is 0. The highest BCUT2D eigenvalue weighted by molar-refractivity contribution is 5.97. The zero-order valence-corrected chi connectivity index (χ0v) is 14.3. The highest BCUT2D eigenvalue weighted by Gasteiger charge is 2.25. The summed E-state index contributed by atoms with van der Waals surface area (Å²) in [6.45, 7) is 11.9. The molecule has 1 unspecified atom stereocenters. The lowest BCUT2D eigenvalue weighted by atomic mass is 9.88. The van der Waals surface area contributed by atoms with Gasteiger partial charge in [-0.15, -0.1) is 0 Å². The van der Waals surface area contributed by atoms with Crippen LogP contribution < -0.4 is 5.32 Å². The monoisotopic (exact) mass is 309 g/mol. The minimum Gasteiger partial charge on any atom is -0.480 e. The zero-order chi connectivity index (χ0) is 17.1. The molecule has 1 aromatic rings. The number of aromatic nitrogens is 2. The summed E-state index contributed by atoms with van der Waals surface area (Å²) in [4.78, 5) is 23.7. The van der Waals surface area contributed by atoms with Crippen LogP contribution >= 0.6 is 0 Å². The van der Waals surface area contributed by atoms with Crippen molar-refractivity contribution in [1.82, 2.24) is 15.1 Å². The minimum absolute atomic E-state index is 0.0247. The maximum atomic E-state index is 12.3. The number of carboxylic acid groups (broad SMARTS) is 1. The number of carbonyl (C=O) groups is 2. The summed E-state index contributed by atoms with van der Waals surface area (Å²) in [7, 11) is 0. The predicted octanol–water partition coefficient (Wildman–Crippen LogP) is 2.78. The molecular formula is C16H27N3O3. The Bertz CT molecular complexity index is 541. The fourth-order valence-electron chi connectivity index (χ4n) is 2.24. The van der Waals surface area contributed by atoms with Crippen molar-refractivity contribution >= 4 is 11.9 Å². The molecule has 1 rings (SSSR count). The molecule has 0 radical (unpaired) electrons. The number of carboxylic acids is 1. The van der Waals surface area contributed by atoms with Crippen LogP contribution in [0.4, 0.5) is 0 Å². The average Bonchev–Trinajstić information content (AvgIpc) is 2.74. The van der Waals surface area contributed by atoms with Gasteiger partial charge < -0.3 is 10.4 Å². The van der Waals surface area contributed by atoms with Gasteiger partial charge in [-0.25, -0.2) is 4.79 Å². The summed E-state index contributed by atoms with van der Waals surface area (Å²) in [6.07, 6.45) is 2.61. The quantitative estimate of drug-likeness (QED) is 0.846. The van der Waals surface area contributed by atoms with Gasteiger partial charge in [-0.3, -0.25) is 9.48 Å². The van der Waals surface area contributed by atoms with E-state index in [-0.39, 0.29) is 17.4 Å². The predicted molar refractivity (Wildman–Crippen MR) is 84.9 cm³/mol. The number of amides is 1. The van der Waals surface area contributed by atoms with Crippen molar-refractivity contribution in [3.8, 4) is 0 Å². The second-order valence-electron chi connectivity index (χ2n) is 7.15. The van der Waals surface area contributed by atoms with E-state index < -0.39 is 12.0 Å². The van der Waals surface area contributed by atoms with Gasteiger partial charge in [-0.2, -0.15) is 5.10 Å². The number of rotatable bonds is 6. The van der Waals surface area contributed by atoms with Crippen molar-refractivity contribution in [3.05, 3.63) is 17.5 Å². The number of nitrogens with one attached hydrogen (secondary N) is 1. The van der Waals surface area contributed by atoms with Crippen molar-refractivity contribution in [2.75, 3.05) is 0 Å². The van der Waals surface area contributed by atoms with E-state index in [2.05, 4.69) is 10.4 Å². The van der Waals surface area contributed by atoms with Gasteiger partial charge in [0.15, 0.2) is 0 Å². The molecule has 0 saturated heterocycles. The molecule has 6 heteroatoms. The van der Waals surface area contributed by atoms with E-state index in [0.717, 1.165) is 5.69 Å². The Morgan fingerprint density at radius 1 is 1.36 bits per heavy atom. The summed E-state index contributed by atoms with van der Waals surface area (Å²) in [5.74, 6) is -1.39. The Balaban J connectivity index is 2.82. The molecule has 22 heavy (non-hydrogen) atoms. The molecule has 0 bridgehead atoms.